The van der Waals surface area contributed by atoms with Crippen molar-refractivity contribution in [2.45, 2.75) is 13.0 Å². The van der Waals surface area contributed by atoms with E-state index >= 15 is 0 Å². The summed E-state index contributed by atoms with van der Waals surface area (Å²) in [4.78, 5) is 0. The molecule has 100 valence electrons. The fourth-order valence-corrected chi connectivity index (χ4v) is 3.20. The fraction of sp³-hybridized carbons (Fsp3) is 0.143. The highest BCUT2D eigenvalue weighted by Gasteiger charge is 2.20. The average molecular weight is 364 g/mol. The maximum Gasteiger partial charge on any atom is 0.126 e. The smallest absolute Gasteiger partial charge is 0.126 e. The zero-order valence-corrected chi connectivity index (χ0v) is 13.0. The van der Waals surface area contributed by atoms with Crippen LogP contribution < -0.4 is 0 Å². The van der Waals surface area contributed by atoms with Gasteiger partial charge in [0, 0.05) is 10.0 Å². The Hall–Kier alpha value is -0.610. The number of hydrogen-bond donors (Lipinski definition) is 1. The predicted molar refractivity (Wildman–Crippen MR) is 79.4 cm³/mol. The lowest BCUT2D eigenvalue weighted by atomic mass is 10.0. The minimum atomic E-state index is -1.02. The lowest BCUT2D eigenvalue weighted by molar-refractivity contribution is 0.219. The van der Waals surface area contributed by atoms with Crippen molar-refractivity contribution in [2.75, 3.05) is 0 Å². The first-order chi connectivity index (χ1) is 8.90. The summed E-state index contributed by atoms with van der Waals surface area (Å²) in [5, 5.41) is 10.6. The minimum Gasteiger partial charge on any atom is -0.384 e. The van der Waals surface area contributed by atoms with E-state index in [2.05, 4.69) is 15.9 Å². The summed E-state index contributed by atoms with van der Waals surface area (Å²) in [6, 6.07) is 7.79. The molecule has 1 nitrogen and oxygen atoms in total. The van der Waals surface area contributed by atoms with Crippen molar-refractivity contribution in [2.24, 2.45) is 0 Å². The molecule has 0 saturated carbocycles. The van der Waals surface area contributed by atoms with Crippen LogP contribution in [0.1, 0.15) is 22.8 Å². The first-order valence-electron chi connectivity index (χ1n) is 5.48. The molecule has 1 atom stereocenters. The Morgan fingerprint density at radius 1 is 1.16 bits per heavy atom. The lowest BCUT2D eigenvalue weighted by Crippen LogP contribution is -2.03. The number of halogens is 4. The standard InChI is InChI=1S/C14H10BrCl2FO/c1-7-2-3-9(10(15)4-7)14(19)13-11(16)5-8(18)6-12(13)17/h2-6,14,19H,1H3. The molecule has 0 aliphatic heterocycles. The molecular formula is C14H10BrCl2FO. The number of hydrogen-bond acceptors (Lipinski definition) is 1. The summed E-state index contributed by atoms with van der Waals surface area (Å²) < 4.78 is 13.9. The van der Waals surface area contributed by atoms with Crippen LogP contribution in [0.25, 0.3) is 0 Å². The number of rotatable bonds is 2. The Bertz CT molecular complexity index is 608. The topological polar surface area (TPSA) is 20.2 Å². The van der Waals surface area contributed by atoms with E-state index in [4.69, 9.17) is 23.2 Å². The number of aryl methyl sites for hydroxylation is 1. The Labute approximate surface area is 129 Å². The van der Waals surface area contributed by atoms with Gasteiger partial charge in [-0.25, -0.2) is 4.39 Å². The Morgan fingerprint density at radius 3 is 2.26 bits per heavy atom. The molecule has 0 aliphatic rings. The van der Waals surface area contributed by atoms with Gasteiger partial charge < -0.3 is 5.11 Å². The van der Waals surface area contributed by atoms with Gasteiger partial charge in [0.1, 0.15) is 11.9 Å². The van der Waals surface area contributed by atoms with Crippen molar-refractivity contribution in [1.29, 1.82) is 0 Å². The van der Waals surface area contributed by atoms with Gasteiger partial charge in [-0.05, 0) is 36.2 Å². The van der Waals surface area contributed by atoms with Crippen LogP contribution in [0.3, 0.4) is 0 Å². The highest BCUT2D eigenvalue weighted by molar-refractivity contribution is 9.10. The molecule has 2 aromatic carbocycles. The van der Waals surface area contributed by atoms with Gasteiger partial charge in [0.15, 0.2) is 0 Å². The van der Waals surface area contributed by atoms with Crippen molar-refractivity contribution in [1.82, 2.24) is 0 Å². The van der Waals surface area contributed by atoms with Crippen LogP contribution in [0, 0.1) is 12.7 Å². The van der Waals surface area contributed by atoms with Crippen molar-refractivity contribution < 1.29 is 9.50 Å². The average Bonchev–Trinajstić information content (AvgIpc) is 2.26. The van der Waals surface area contributed by atoms with Gasteiger partial charge in [-0.2, -0.15) is 0 Å². The van der Waals surface area contributed by atoms with Crippen LogP contribution in [-0.2, 0) is 0 Å². The van der Waals surface area contributed by atoms with E-state index < -0.39 is 11.9 Å². The molecular weight excluding hydrogens is 354 g/mol. The third kappa shape index (κ3) is 3.11. The molecule has 2 aromatic rings. The van der Waals surface area contributed by atoms with Crippen LogP contribution in [0.2, 0.25) is 10.0 Å². The fourth-order valence-electron chi connectivity index (χ4n) is 1.82. The predicted octanol–water partition coefficient (Wildman–Crippen LogP) is 5.29. The maximum absolute atomic E-state index is 13.1. The molecule has 1 unspecified atom stereocenters. The molecule has 0 spiro atoms. The van der Waals surface area contributed by atoms with E-state index in [1.807, 2.05) is 19.1 Å². The summed E-state index contributed by atoms with van der Waals surface area (Å²) in [7, 11) is 0. The minimum absolute atomic E-state index is 0.102. The zero-order chi connectivity index (χ0) is 14.2. The first kappa shape index (κ1) is 14.8. The van der Waals surface area contributed by atoms with Crippen molar-refractivity contribution in [3.63, 3.8) is 0 Å². The van der Waals surface area contributed by atoms with Crippen LogP contribution in [0.5, 0.6) is 0 Å². The second-order valence-corrected chi connectivity index (χ2v) is 5.88. The Morgan fingerprint density at radius 2 is 1.74 bits per heavy atom. The van der Waals surface area contributed by atoms with Gasteiger partial charge in [0.25, 0.3) is 0 Å². The number of aliphatic hydroxyl groups excluding tert-OH is 1. The van der Waals surface area contributed by atoms with Gasteiger partial charge >= 0.3 is 0 Å². The third-order valence-electron chi connectivity index (χ3n) is 2.77. The number of aliphatic hydroxyl groups is 1. The van der Waals surface area contributed by atoms with Crippen molar-refractivity contribution in [3.05, 3.63) is 67.4 Å². The summed E-state index contributed by atoms with van der Waals surface area (Å²) in [6.45, 7) is 1.94. The molecule has 0 aromatic heterocycles. The number of benzene rings is 2. The molecule has 0 amide bonds. The van der Waals surface area contributed by atoms with Gasteiger partial charge in [0.2, 0.25) is 0 Å². The summed E-state index contributed by atoms with van der Waals surface area (Å²) in [6.07, 6.45) is -1.02. The first-order valence-corrected chi connectivity index (χ1v) is 7.03. The van der Waals surface area contributed by atoms with Crippen LogP contribution in [0.15, 0.2) is 34.8 Å². The van der Waals surface area contributed by atoms with E-state index in [1.54, 1.807) is 6.07 Å². The SMILES string of the molecule is Cc1ccc(C(O)c2c(Cl)cc(F)cc2Cl)c(Br)c1. The molecule has 0 saturated heterocycles. The van der Waals surface area contributed by atoms with Gasteiger partial charge in [-0.15, -0.1) is 0 Å². The third-order valence-corrected chi connectivity index (χ3v) is 4.08. The van der Waals surface area contributed by atoms with Crippen molar-refractivity contribution in [3.8, 4) is 0 Å². The van der Waals surface area contributed by atoms with Crippen LogP contribution in [-0.4, -0.2) is 5.11 Å². The van der Waals surface area contributed by atoms with E-state index in [9.17, 15) is 9.50 Å². The molecule has 0 aliphatic carbocycles. The molecule has 19 heavy (non-hydrogen) atoms. The van der Waals surface area contributed by atoms with Gasteiger partial charge in [-0.3, -0.25) is 0 Å². The van der Waals surface area contributed by atoms with Crippen LogP contribution >= 0.6 is 39.1 Å². The molecule has 1 N–H and O–H groups in total. The largest absolute Gasteiger partial charge is 0.384 e. The van der Waals surface area contributed by atoms with Crippen molar-refractivity contribution >= 4 is 39.1 Å². The second kappa shape index (κ2) is 5.80. The molecule has 2 rings (SSSR count). The molecule has 0 heterocycles. The Balaban J connectivity index is 2.53. The zero-order valence-electron chi connectivity index (χ0n) is 9.92. The lowest BCUT2D eigenvalue weighted by Gasteiger charge is -2.17. The molecule has 0 radical (unpaired) electrons. The molecule has 0 bridgehead atoms. The van der Waals surface area contributed by atoms with Crippen LogP contribution in [0.4, 0.5) is 4.39 Å². The van der Waals surface area contributed by atoms with E-state index in [1.165, 1.54) is 0 Å². The summed E-state index contributed by atoms with van der Waals surface area (Å²) in [5.41, 5.74) is 1.98. The van der Waals surface area contributed by atoms with E-state index in [0.717, 1.165) is 22.2 Å². The highest BCUT2D eigenvalue weighted by atomic mass is 79.9. The quantitative estimate of drug-likeness (QED) is 0.768. The summed E-state index contributed by atoms with van der Waals surface area (Å²) >= 11 is 15.3. The summed E-state index contributed by atoms with van der Waals surface area (Å²) in [5.74, 6) is -0.533. The van der Waals surface area contributed by atoms with E-state index in [0.29, 0.717) is 11.1 Å². The molecule has 5 heteroatoms. The van der Waals surface area contributed by atoms with E-state index in [-0.39, 0.29) is 10.0 Å². The normalized spacial score (nSPS) is 12.5. The van der Waals surface area contributed by atoms with Gasteiger partial charge in [-0.1, -0.05) is 51.3 Å². The molecule has 0 fully saturated rings. The van der Waals surface area contributed by atoms with Gasteiger partial charge in [0.05, 0.1) is 10.0 Å². The highest BCUT2D eigenvalue weighted by Crippen LogP contribution is 2.37. The second-order valence-electron chi connectivity index (χ2n) is 4.21. The maximum atomic E-state index is 13.1. The Kier molecular flexibility index (Phi) is 4.51. The monoisotopic (exact) mass is 362 g/mol.